The van der Waals surface area contributed by atoms with Crippen LogP contribution < -0.4 is 10.5 Å². The molecule has 84 valence electrons. The predicted octanol–water partition coefficient (Wildman–Crippen LogP) is 2.59. The first-order valence-electron chi connectivity index (χ1n) is 5.27. The Bertz CT molecular complexity index is 491. The highest BCUT2D eigenvalue weighted by molar-refractivity contribution is 5.36. The van der Waals surface area contributed by atoms with Gasteiger partial charge in [0.05, 0.1) is 6.20 Å². The van der Waals surface area contributed by atoms with E-state index in [0.29, 0.717) is 11.8 Å². The summed E-state index contributed by atoms with van der Waals surface area (Å²) in [4.78, 5) is 4.14. The summed E-state index contributed by atoms with van der Waals surface area (Å²) in [5.41, 5.74) is 6.71. The number of nitrogen functional groups attached to an aromatic ring is 1. The Morgan fingerprint density at radius 1 is 1.38 bits per heavy atom. The highest BCUT2D eigenvalue weighted by Crippen LogP contribution is 2.24. The molecule has 0 fully saturated rings. The van der Waals surface area contributed by atoms with Crippen LogP contribution in [0.2, 0.25) is 0 Å². The number of hydrogen-bond acceptors (Lipinski definition) is 3. The normalized spacial score (nSPS) is 10.4. The van der Waals surface area contributed by atoms with Crippen molar-refractivity contribution in [2.75, 3.05) is 5.73 Å². The van der Waals surface area contributed by atoms with Gasteiger partial charge in [-0.2, -0.15) is 4.98 Å². The molecule has 0 aliphatic carbocycles. The Labute approximate surface area is 94.7 Å². The summed E-state index contributed by atoms with van der Waals surface area (Å²) in [7, 11) is 0. The van der Waals surface area contributed by atoms with Crippen molar-refractivity contribution in [1.29, 1.82) is 0 Å². The van der Waals surface area contributed by atoms with E-state index in [1.807, 2.05) is 42.7 Å². The number of hydrogen-bond donors (Lipinski definition) is 1. The standard InChI is InChI=1S/C12H15N3O/c1-3-15-8-11(13)14-12(15)16-10-7-5-4-6-9(10)2/h4-8H,3,13H2,1-2H3. The van der Waals surface area contributed by atoms with Crippen LogP contribution in [0.15, 0.2) is 30.5 Å². The molecule has 4 nitrogen and oxygen atoms in total. The number of benzene rings is 1. The molecule has 1 aromatic heterocycles. The van der Waals surface area contributed by atoms with E-state index in [9.17, 15) is 0 Å². The van der Waals surface area contributed by atoms with Gasteiger partial charge in [-0.25, -0.2) is 0 Å². The number of anilines is 1. The van der Waals surface area contributed by atoms with Crippen LogP contribution in [0.1, 0.15) is 12.5 Å². The van der Waals surface area contributed by atoms with Crippen LogP contribution in [0.3, 0.4) is 0 Å². The van der Waals surface area contributed by atoms with E-state index in [4.69, 9.17) is 10.5 Å². The fourth-order valence-corrected chi connectivity index (χ4v) is 1.50. The van der Waals surface area contributed by atoms with Crippen LogP contribution in [-0.4, -0.2) is 9.55 Å². The summed E-state index contributed by atoms with van der Waals surface area (Å²) in [6, 6.07) is 8.36. The van der Waals surface area contributed by atoms with Crippen molar-refractivity contribution in [3.05, 3.63) is 36.0 Å². The zero-order chi connectivity index (χ0) is 11.5. The SMILES string of the molecule is CCn1cc(N)nc1Oc1ccccc1C. The molecule has 0 saturated heterocycles. The Morgan fingerprint density at radius 2 is 2.12 bits per heavy atom. The fraction of sp³-hybridized carbons (Fsp3) is 0.250. The van der Waals surface area contributed by atoms with Crippen LogP contribution in [0.4, 0.5) is 5.82 Å². The topological polar surface area (TPSA) is 53.1 Å². The molecule has 0 spiro atoms. The summed E-state index contributed by atoms with van der Waals surface area (Å²) >= 11 is 0. The van der Waals surface area contributed by atoms with E-state index in [0.717, 1.165) is 17.9 Å². The molecular formula is C12H15N3O. The average Bonchev–Trinajstić information content (AvgIpc) is 2.62. The maximum atomic E-state index is 5.72. The lowest BCUT2D eigenvalue weighted by molar-refractivity contribution is 0.413. The molecule has 0 bridgehead atoms. The van der Waals surface area contributed by atoms with Crippen molar-refractivity contribution in [2.24, 2.45) is 0 Å². The quantitative estimate of drug-likeness (QED) is 0.859. The minimum atomic E-state index is 0.477. The number of rotatable bonds is 3. The zero-order valence-corrected chi connectivity index (χ0v) is 9.47. The Morgan fingerprint density at radius 3 is 2.81 bits per heavy atom. The zero-order valence-electron chi connectivity index (χ0n) is 9.47. The van der Waals surface area contributed by atoms with E-state index < -0.39 is 0 Å². The van der Waals surface area contributed by atoms with Crippen LogP contribution in [0.25, 0.3) is 0 Å². The number of aryl methyl sites for hydroxylation is 2. The van der Waals surface area contributed by atoms with Crippen molar-refractivity contribution in [1.82, 2.24) is 9.55 Å². The largest absolute Gasteiger partial charge is 0.425 e. The molecule has 1 aromatic carbocycles. The second-order valence-electron chi connectivity index (χ2n) is 3.60. The highest BCUT2D eigenvalue weighted by Gasteiger charge is 2.08. The highest BCUT2D eigenvalue weighted by atomic mass is 16.5. The monoisotopic (exact) mass is 217 g/mol. The van der Waals surface area contributed by atoms with Gasteiger partial charge in [-0.1, -0.05) is 18.2 Å². The fourth-order valence-electron chi connectivity index (χ4n) is 1.50. The lowest BCUT2D eigenvalue weighted by atomic mass is 10.2. The van der Waals surface area contributed by atoms with Crippen LogP contribution >= 0.6 is 0 Å². The third-order valence-electron chi connectivity index (χ3n) is 2.39. The molecule has 16 heavy (non-hydrogen) atoms. The molecule has 0 aliphatic rings. The molecule has 1 heterocycles. The number of ether oxygens (including phenoxy) is 1. The lowest BCUT2D eigenvalue weighted by Crippen LogP contribution is -1.97. The summed E-state index contributed by atoms with van der Waals surface area (Å²) in [5.74, 6) is 1.29. The summed E-state index contributed by atoms with van der Waals surface area (Å²) in [5, 5.41) is 0. The first kappa shape index (κ1) is 10.5. The molecule has 0 atom stereocenters. The van der Waals surface area contributed by atoms with Crippen molar-refractivity contribution >= 4 is 5.82 Å². The molecular weight excluding hydrogens is 202 g/mol. The molecule has 2 N–H and O–H groups in total. The van der Waals surface area contributed by atoms with Crippen molar-refractivity contribution < 1.29 is 4.74 Å². The number of nitrogens with zero attached hydrogens (tertiary/aromatic N) is 2. The van der Waals surface area contributed by atoms with Crippen LogP contribution in [-0.2, 0) is 6.54 Å². The Balaban J connectivity index is 2.30. The third-order valence-corrected chi connectivity index (χ3v) is 2.39. The number of nitrogens with two attached hydrogens (primary N) is 1. The van der Waals surface area contributed by atoms with Gasteiger partial charge in [-0.3, -0.25) is 4.57 Å². The number of para-hydroxylation sites is 1. The van der Waals surface area contributed by atoms with Gasteiger partial charge in [-0.05, 0) is 25.5 Å². The molecule has 0 saturated carbocycles. The third kappa shape index (κ3) is 2.00. The van der Waals surface area contributed by atoms with E-state index in [1.54, 1.807) is 6.20 Å². The van der Waals surface area contributed by atoms with Gasteiger partial charge in [0.1, 0.15) is 11.6 Å². The average molecular weight is 217 g/mol. The molecule has 0 radical (unpaired) electrons. The van der Waals surface area contributed by atoms with Gasteiger partial charge in [0.25, 0.3) is 0 Å². The van der Waals surface area contributed by atoms with Gasteiger partial charge >= 0.3 is 6.01 Å². The molecule has 4 heteroatoms. The molecule has 2 rings (SSSR count). The van der Waals surface area contributed by atoms with Crippen molar-refractivity contribution in [3.8, 4) is 11.8 Å². The maximum absolute atomic E-state index is 5.72. The van der Waals surface area contributed by atoms with Gasteiger partial charge in [-0.15, -0.1) is 0 Å². The molecule has 2 aromatic rings. The Hall–Kier alpha value is -1.97. The minimum Gasteiger partial charge on any atom is -0.425 e. The minimum absolute atomic E-state index is 0.477. The van der Waals surface area contributed by atoms with Crippen molar-refractivity contribution in [3.63, 3.8) is 0 Å². The van der Waals surface area contributed by atoms with Gasteiger partial charge in [0.2, 0.25) is 0 Å². The second kappa shape index (κ2) is 4.26. The molecule has 0 amide bonds. The van der Waals surface area contributed by atoms with Crippen LogP contribution in [0.5, 0.6) is 11.8 Å². The Kier molecular flexibility index (Phi) is 2.81. The number of imidazole rings is 1. The lowest BCUT2D eigenvalue weighted by Gasteiger charge is -2.08. The van der Waals surface area contributed by atoms with E-state index in [1.165, 1.54) is 0 Å². The molecule has 0 aliphatic heterocycles. The number of aromatic nitrogens is 2. The molecule has 0 unspecified atom stereocenters. The van der Waals surface area contributed by atoms with Gasteiger partial charge in [0.15, 0.2) is 0 Å². The first-order chi connectivity index (χ1) is 7.70. The summed E-state index contributed by atoms with van der Waals surface area (Å²) in [6.07, 6.45) is 1.77. The van der Waals surface area contributed by atoms with E-state index in [-0.39, 0.29) is 0 Å². The second-order valence-corrected chi connectivity index (χ2v) is 3.60. The van der Waals surface area contributed by atoms with E-state index in [2.05, 4.69) is 4.98 Å². The maximum Gasteiger partial charge on any atom is 0.303 e. The van der Waals surface area contributed by atoms with Gasteiger partial charge in [0, 0.05) is 6.54 Å². The summed E-state index contributed by atoms with van der Waals surface area (Å²) in [6.45, 7) is 4.80. The van der Waals surface area contributed by atoms with Gasteiger partial charge < -0.3 is 10.5 Å². The van der Waals surface area contributed by atoms with Crippen LogP contribution in [0, 0.1) is 6.92 Å². The van der Waals surface area contributed by atoms with Crippen molar-refractivity contribution in [2.45, 2.75) is 20.4 Å². The predicted molar refractivity (Wildman–Crippen MR) is 63.6 cm³/mol. The first-order valence-corrected chi connectivity index (χ1v) is 5.27. The smallest absolute Gasteiger partial charge is 0.303 e. The summed E-state index contributed by atoms with van der Waals surface area (Å²) < 4.78 is 7.60. The van der Waals surface area contributed by atoms with E-state index >= 15 is 0 Å².